The van der Waals surface area contributed by atoms with E-state index in [4.69, 9.17) is 9.47 Å². The molecule has 0 amide bonds. The Hall–Kier alpha value is -3.50. The molecule has 0 bridgehead atoms. The van der Waals surface area contributed by atoms with Crippen LogP contribution in [-0.2, 0) is 38.9 Å². The van der Waals surface area contributed by atoms with Gasteiger partial charge in [0.05, 0.1) is 10.9 Å². The van der Waals surface area contributed by atoms with Gasteiger partial charge in [0.15, 0.2) is 21.3 Å². The molecule has 0 aliphatic heterocycles. The van der Waals surface area contributed by atoms with Crippen LogP contribution in [0.3, 0.4) is 0 Å². The number of benzene rings is 4. The standard InChI is InChI=1S/C34H35O3S/c1-24-20-31(38(29-14-7-5-8-15-29)30-16-9-6-10-17-30)21-25(2)33(24)36-23-32(35)37-34(3,4)28-19-18-26-12-11-13-27(26)22-28/h5-10,14-22H,11-13,23H2,1-4H3/q+1. The first-order valence-electron chi connectivity index (χ1n) is 13.2. The fraction of sp³-hybridized carbons (Fsp3) is 0.265. The van der Waals surface area contributed by atoms with Crippen molar-refractivity contribution in [3.63, 3.8) is 0 Å². The average Bonchev–Trinajstić information content (AvgIpc) is 3.38. The zero-order chi connectivity index (χ0) is 26.7. The molecule has 0 saturated heterocycles. The Morgan fingerprint density at radius 3 is 1.95 bits per heavy atom. The van der Waals surface area contributed by atoms with Crippen LogP contribution >= 0.6 is 0 Å². The van der Waals surface area contributed by atoms with Crippen LogP contribution in [-0.4, -0.2) is 12.6 Å². The number of esters is 1. The highest BCUT2D eigenvalue weighted by molar-refractivity contribution is 7.97. The molecular formula is C34H35O3S+. The lowest BCUT2D eigenvalue weighted by molar-refractivity contribution is -0.159. The number of ether oxygens (including phenoxy) is 2. The summed E-state index contributed by atoms with van der Waals surface area (Å²) >= 11 is 0. The summed E-state index contributed by atoms with van der Waals surface area (Å²) in [5.41, 5.74) is 5.11. The normalized spacial score (nSPS) is 12.9. The van der Waals surface area contributed by atoms with Crippen LogP contribution in [0.15, 0.2) is 106 Å². The second-order valence-electron chi connectivity index (χ2n) is 10.4. The third-order valence-electron chi connectivity index (χ3n) is 7.12. The van der Waals surface area contributed by atoms with Crippen molar-refractivity contribution < 1.29 is 14.3 Å². The van der Waals surface area contributed by atoms with Crippen LogP contribution in [0.2, 0.25) is 0 Å². The SMILES string of the molecule is Cc1cc([S+](c2ccccc2)c2ccccc2)cc(C)c1OCC(=O)OC(C)(C)c1ccc2c(c1)CCC2. The first-order chi connectivity index (χ1) is 18.3. The van der Waals surface area contributed by atoms with Crippen LogP contribution < -0.4 is 4.74 Å². The Morgan fingerprint density at radius 1 is 0.763 bits per heavy atom. The summed E-state index contributed by atoms with van der Waals surface area (Å²) in [6.45, 7) is 7.85. The van der Waals surface area contributed by atoms with Crippen molar-refractivity contribution in [3.8, 4) is 5.75 Å². The number of hydrogen-bond donors (Lipinski definition) is 0. The molecule has 3 nitrogen and oxygen atoms in total. The van der Waals surface area contributed by atoms with Crippen molar-refractivity contribution in [2.24, 2.45) is 0 Å². The molecule has 0 N–H and O–H groups in total. The van der Waals surface area contributed by atoms with Crippen LogP contribution in [0, 0.1) is 13.8 Å². The van der Waals surface area contributed by atoms with Gasteiger partial charge in [-0.3, -0.25) is 0 Å². The van der Waals surface area contributed by atoms with E-state index in [1.54, 1.807) is 0 Å². The minimum atomic E-state index is -0.717. The molecule has 0 radical (unpaired) electrons. The molecule has 0 spiro atoms. The maximum Gasteiger partial charge on any atom is 0.345 e. The van der Waals surface area contributed by atoms with Gasteiger partial charge in [-0.25, -0.2) is 4.79 Å². The zero-order valence-electron chi connectivity index (χ0n) is 22.6. The lowest BCUT2D eigenvalue weighted by atomic mass is 9.94. The summed E-state index contributed by atoms with van der Waals surface area (Å²) in [5, 5.41) is 0. The molecule has 0 heterocycles. The molecule has 0 fully saturated rings. The summed E-state index contributed by atoms with van der Waals surface area (Å²) < 4.78 is 12.0. The molecule has 38 heavy (non-hydrogen) atoms. The smallest absolute Gasteiger partial charge is 0.345 e. The van der Waals surface area contributed by atoms with E-state index >= 15 is 0 Å². The highest BCUT2D eigenvalue weighted by atomic mass is 32.2. The Labute approximate surface area is 229 Å². The fourth-order valence-electron chi connectivity index (χ4n) is 5.23. The van der Waals surface area contributed by atoms with E-state index in [-0.39, 0.29) is 23.5 Å². The molecule has 0 unspecified atom stereocenters. The number of aryl methyl sites for hydroxylation is 4. The van der Waals surface area contributed by atoms with Crippen LogP contribution in [0.25, 0.3) is 0 Å². The molecule has 0 atom stereocenters. The quantitative estimate of drug-likeness (QED) is 0.175. The van der Waals surface area contributed by atoms with Crippen molar-refractivity contribution >= 4 is 16.9 Å². The van der Waals surface area contributed by atoms with Crippen molar-refractivity contribution in [1.82, 2.24) is 0 Å². The Kier molecular flexibility index (Phi) is 7.62. The van der Waals surface area contributed by atoms with Gasteiger partial charge in [-0.2, -0.15) is 0 Å². The monoisotopic (exact) mass is 523 g/mol. The number of fused-ring (bicyclic) bond motifs is 1. The molecule has 194 valence electrons. The van der Waals surface area contributed by atoms with Gasteiger partial charge in [0.1, 0.15) is 11.4 Å². The van der Waals surface area contributed by atoms with Crippen LogP contribution in [0.4, 0.5) is 0 Å². The molecule has 0 aromatic heterocycles. The van der Waals surface area contributed by atoms with Gasteiger partial charge in [0, 0.05) is 12.1 Å². The molecule has 0 saturated carbocycles. The maximum atomic E-state index is 12.9. The predicted octanol–water partition coefficient (Wildman–Crippen LogP) is 7.74. The fourth-order valence-corrected chi connectivity index (χ4v) is 7.49. The molecule has 1 aliphatic rings. The van der Waals surface area contributed by atoms with Gasteiger partial charge in [0.25, 0.3) is 0 Å². The van der Waals surface area contributed by atoms with Gasteiger partial charge >= 0.3 is 5.97 Å². The van der Waals surface area contributed by atoms with Gasteiger partial charge < -0.3 is 9.47 Å². The van der Waals surface area contributed by atoms with E-state index in [1.807, 2.05) is 39.8 Å². The molecule has 4 heteroatoms. The Balaban J connectivity index is 1.32. The van der Waals surface area contributed by atoms with Crippen LogP contribution in [0.5, 0.6) is 5.75 Å². The zero-order valence-corrected chi connectivity index (χ0v) is 23.4. The minimum absolute atomic E-state index is 0.127. The number of hydrogen-bond acceptors (Lipinski definition) is 3. The molecule has 1 aliphatic carbocycles. The lowest BCUT2D eigenvalue weighted by Crippen LogP contribution is -2.29. The number of carbonyl (C=O) groups excluding carboxylic acids is 1. The van der Waals surface area contributed by atoms with E-state index < -0.39 is 5.60 Å². The molecule has 5 rings (SSSR count). The van der Waals surface area contributed by atoms with E-state index in [2.05, 4.69) is 78.9 Å². The second-order valence-corrected chi connectivity index (χ2v) is 12.5. The van der Waals surface area contributed by atoms with Gasteiger partial charge in [-0.1, -0.05) is 54.6 Å². The van der Waals surface area contributed by atoms with Crippen molar-refractivity contribution in [2.45, 2.75) is 67.2 Å². The topological polar surface area (TPSA) is 35.5 Å². The predicted molar refractivity (Wildman–Crippen MR) is 154 cm³/mol. The Morgan fingerprint density at radius 2 is 1.34 bits per heavy atom. The van der Waals surface area contributed by atoms with Crippen molar-refractivity contribution in [3.05, 3.63) is 119 Å². The molecule has 4 aromatic rings. The third-order valence-corrected chi connectivity index (χ3v) is 9.32. The third kappa shape index (κ3) is 5.66. The molecular weight excluding hydrogens is 488 g/mol. The summed E-state index contributed by atoms with van der Waals surface area (Å²) in [6, 6.07) is 32.0. The summed E-state index contributed by atoms with van der Waals surface area (Å²) in [6.07, 6.45) is 3.43. The minimum Gasteiger partial charge on any atom is -0.481 e. The van der Waals surface area contributed by atoms with Gasteiger partial charge in [-0.05, 0) is 99.0 Å². The van der Waals surface area contributed by atoms with E-state index in [0.717, 1.165) is 35.3 Å². The first kappa shape index (κ1) is 26.1. The highest BCUT2D eigenvalue weighted by Gasteiger charge is 2.30. The average molecular weight is 524 g/mol. The van der Waals surface area contributed by atoms with E-state index in [9.17, 15) is 4.79 Å². The van der Waals surface area contributed by atoms with Gasteiger partial charge in [0.2, 0.25) is 0 Å². The van der Waals surface area contributed by atoms with Crippen LogP contribution in [0.1, 0.15) is 48.1 Å². The summed E-state index contributed by atoms with van der Waals surface area (Å²) in [7, 11) is -0.238. The number of carbonyl (C=O) groups is 1. The Bertz CT molecular complexity index is 1360. The second kappa shape index (κ2) is 11.1. The summed E-state index contributed by atoms with van der Waals surface area (Å²) in [4.78, 5) is 16.6. The maximum absolute atomic E-state index is 12.9. The first-order valence-corrected chi connectivity index (χ1v) is 14.5. The lowest BCUT2D eigenvalue weighted by Gasteiger charge is -2.26. The van der Waals surface area contributed by atoms with Crippen molar-refractivity contribution in [1.29, 1.82) is 0 Å². The van der Waals surface area contributed by atoms with E-state index in [0.29, 0.717) is 0 Å². The number of rotatable bonds is 8. The van der Waals surface area contributed by atoms with E-state index in [1.165, 1.54) is 32.2 Å². The molecule has 4 aromatic carbocycles. The highest BCUT2D eigenvalue weighted by Crippen LogP contribution is 2.36. The van der Waals surface area contributed by atoms with Crippen molar-refractivity contribution in [2.75, 3.05) is 6.61 Å². The summed E-state index contributed by atoms with van der Waals surface area (Å²) in [5.74, 6) is 0.373. The van der Waals surface area contributed by atoms with Gasteiger partial charge in [-0.15, -0.1) is 0 Å². The largest absolute Gasteiger partial charge is 0.481 e.